The van der Waals surface area contributed by atoms with E-state index in [1.807, 2.05) is 0 Å². The zero-order valence-corrected chi connectivity index (χ0v) is 12.0. The van der Waals surface area contributed by atoms with Gasteiger partial charge in [-0.3, -0.25) is 9.59 Å². The second-order valence-electron chi connectivity index (χ2n) is 5.31. The minimum absolute atomic E-state index is 0.0111. The number of carbonyl (C=O) groups is 2. The van der Waals surface area contributed by atoms with E-state index in [2.05, 4.69) is 10.6 Å². The Hall–Kier alpha value is -1.88. The Morgan fingerprint density at radius 2 is 2.15 bits per heavy atom. The second-order valence-corrected chi connectivity index (χ2v) is 5.31. The molecular weight excluding hydrogens is 254 g/mol. The van der Waals surface area contributed by atoms with E-state index in [1.165, 1.54) is 4.90 Å². The molecule has 0 spiro atoms. The van der Waals surface area contributed by atoms with Crippen molar-refractivity contribution in [1.29, 1.82) is 0 Å². The van der Waals surface area contributed by atoms with Crippen LogP contribution in [-0.2, 0) is 4.79 Å². The summed E-state index contributed by atoms with van der Waals surface area (Å²) in [6, 6.07) is 7.06. The first-order valence-electron chi connectivity index (χ1n) is 6.91. The number of benzene rings is 1. The van der Waals surface area contributed by atoms with Crippen LogP contribution in [0.25, 0.3) is 0 Å². The van der Waals surface area contributed by atoms with E-state index in [0.29, 0.717) is 11.3 Å². The van der Waals surface area contributed by atoms with Crippen LogP contribution in [0.3, 0.4) is 0 Å². The molecule has 0 aliphatic carbocycles. The molecule has 1 atom stereocenters. The SMILES string of the molecule is CN(C)C(=O)c1cccc(NC(=O)[C@H]2CCCNC2)c1. The van der Waals surface area contributed by atoms with Gasteiger partial charge in [0.15, 0.2) is 0 Å². The van der Waals surface area contributed by atoms with Gasteiger partial charge >= 0.3 is 0 Å². The molecule has 1 heterocycles. The van der Waals surface area contributed by atoms with Gasteiger partial charge in [-0.15, -0.1) is 0 Å². The quantitative estimate of drug-likeness (QED) is 0.875. The van der Waals surface area contributed by atoms with Crippen LogP contribution >= 0.6 is 0 Å². The zero-order chi connectivity index (χ0) is 14.5. The number of amides is 2. The number of carbonyl (C=O) groups excluding carboxylic acids is 2. The third kappa shape index (κ3) is 3.57. The number of rotatable bonds is 3. The van der Waals surface area contributed by atoms with Gasteiger partial charge in [0.1, 0.15) is 0 Å². The normalized spacial score (nSPS) is 18.4. The van der Waals surface area contributed by atoms with Crippen molar-refractivity contribution in [2.24, 2.45) is 5.92 Å². The van der Waals surface area contributed by atoms with Crippen molar-refractivity contribution in [2.45, 2.75) is 12.8 Å². The van der Waals surface area contributed by atoms with Crippen LogP contribution < -0.4 is 10.6 Å². The molecule has 0 saturated carbocycles. The number of hydrogen-bond donors (Lipinski definition) is 2. The van der Waals surface area contributed by atoms with Gasteiger partial charge in [-0.25, -0.2) is 0 Å². The zero-order valence-electron chi connectivity index (χ0n) is 12.0. The molecule has 1 fully saturated rings. The summed E-state index contributed by atoms with van der Waals surface area (Å²) in [6.07, 6.45) is 1.94. The lowest BCUT2D eigenvalue weighted by molar-refractivity contribution is -0.120. The molecule has 0 radical (unpaired) electrons. The van der Waals surface area contributed by atoms with E-state index in [0.717, 1.165) is 25.9 Å². The Bertz CT molecular complexity index is 494. The van der Waals surface area contributed by atoms with Crippen molar-refractivity contribution in [1.82, 2.24) is 10.2 Å². The van der Waals surface area contributed by atoms with Crippen LogP contribution in [0.4, 0.5) is 5.69 Å². The summed E-state index contributed by atoms with van der Waals surface area (Å²) < 4.78 is 0. The first-order valence-corrected chi connectivity index (χ1v) is 6.91. The Labute approximate surface area is 119 Å². The highest BCUT2D eigenvalue weighted by molar-refractivity contribution is 5.97. The second kappa shape index (κ2) is 6.52. The fourth-order valence-electron chi connectivity index (χ4n) is 2.31. The van der Waals surface area contributed by atoms with Gasteiger partial charge in [0, 0.05) is 31.9 Å². The maximum Gasteiger partial charge on any atom is 0.253 e. The van der Waals surface area contributed by atoms with Crippen LogP contribution in [-0.4, -0.2) is 43.9 Å². The number of nitrogens with one attached hydrogen (secondary N) is 2. The smallest absolute Gasteiger partial charge is 0.253 e. The van der Waals surface area contributed by atoms with Gasteiger partial charge in [0.05, 0.1) is 5.92 Å². The van der Waals surface area contributed by atoms with E-state index >= 15 is 0 Å². The van der Waals surface area contributed by atoms with Crippen molar-refractivity contribution < 1.29 is 9.59 Å². The fraction of sp³-hybridized carbons (Fsp3) is 0.467. The lowest BCUT2D eigenvalue weighted by atomic mass is 9.98. The van der Waals surface area contributed by atoms with Gasteiger partial charge in [0.25, 0.3) is 5.91 Å². The number of anilines is 1. The molecule has 20 heavy (non-hydrogen) atoms. The molecule has 0 aromatic heterocycles. The van der Waals surface area contributed by atoms with E-state index < -0.39 is 0 Å². The number of piperidine rings is 1. The highest BCUT2D eigenvalue weighted by atomic mass is 16.2. The minimum Gasteiger partial charge on any atom is -0.345 e. The molecule has 1 aliphatic rings. The summed E-state index contributed by atoms with van der Waals surface area (Å²) in [7, 11) is 3.42. The van der Waals surface area contributed by atoms with Crippen LogP contribution in [0, 0.1) is 5.92 Å². The maximum atomic E-state index is 12.1. The Kier molecular flexibility index (Phi) is 4.74. The van der Waals surface area contributed by atoms with E-state index in [-0.39, 0.29) is 17.7 Å². The minimum atomic E-state index is -0.0690. The summed E-state index contributed by atoms with van der Waals surface area (Å²) in [6.45, 7) is 1.71. The monoisotopic (exact) mass is 275 g/mol. The van der Waals surface area contributed by atoms with E-state index in [9.17, 15) is 9.59 Å². The maximum absolute atomic E-state index is 12.1. The van der Waals surface area contributed by atoms with Gasteiger partial charge in [-0.2, -0.15) is 0 Å². The molecule has 2 rings (SSSR count). The number of hydrogen-bond acceptors (Lipinski definition) is 3. The molecular formula is C15H21N3O2. The summed E-state index contributed by atoms with van der Waals surface area (Å²) in [5.41, 5.74) is 1.25. The Morgan fingerprint density at radius 1 is 1.35 bits per heavy atom. The molecule has 1 aromatic carbocycles. The fourth-order valence-corrected chi connectivity index (χ4v) is 2.31. The lowest BCUT2D eigenvalue weighted by Gasteiger charge is -2.22. The van der Waals surface area contributed by atoms with Crippen molar-refractivity contribution in [3.8, 4) is 0 Å². The van der Waals surface area contributed by atoms with Gasteiger partial charge in [-0.05, 0) is 37.6 Å². The van der Waals surface area contributed by atoms with Crippen LogP contribution in [0.2, 0.25) is 0 Å². The predicted molar refractivity (Wildman–Crippen MR) is 78.7 cm³/mol. The highest BCUT2D eigenvalue weighted by Gasteiger charge is 2.21. The summed E-state index contributed by atoms with van der Waals surface area (Å²) in [4.78, 5) is 25.5. The molecule has 1 aliphatic heterocycles. The average molecular weight is 275 g/mol. The standard InChI is InChI=1S/C15H21N3O2/c1-18(2)15(20)11-5-3-7-13(9-11)17-14(19)12-6-4-8-16-10-12/h3,5,7,9,12,16H,4,6,8,10H2,1-2H3,(H,17,19)/t12-/m0/s1. The molecule has 1 aromatic rings. The molecule has 2 amide bonds. The molecule has 5 nitrogen and oxygen atoms in total. The van der Waals surface area contributed by atoms with Crippen LogP contribution in [0.5, 0.6) is 0 Å². The van der Waals surface area contributed by atoms with Crippen LogP contribution in [0.15, 0.2) is 24.3 Å². The van der Waals surface area contributed by atoms with Crippen LogP contribution in [0.1, 0.15) is 23.2 Å². The van der Waals surface area contributed by atoms with E-state index in [4.69, 9.17) is 0 Å². The first kappa shape index (κ1) is 14.5. The molecule has 108 valence electrons. The highest BCUT2D eigenvalue weighted by Crippen LogP contribution is 2.16. The van der Waals surface area contributed by atoms with Crippen molar-refractivity contribution in [3.05, 3.63) is 29.8 Å². The predicted octanol–water partition coefficient (Wildman–Crippen LogP) is 1.33. The topological polar surface area (TPSA) is 61.4 Å². The summed E-state index contributed by atoms with van der Waals surface area (Å²) in [5.74, 6) is -0.0379. The van der Waals surface area contributed by atoms with Gasteiger partial charge < -0.3 is 15.5 Å². The van der Waals surface area contributed by atoms with Crippen molar-refractivity contribution >= 4 is 17.5 Å². The summed E-state index contributed by atoms with van der Waals surface area (Å²) >= 11 is 0. The molecule has 1 saturated heterocycles. The molecule has 5 heteroatoms. The Morgan fingerprint density at radius 3 is 2.80 bits per heavy atom. The van der Waals surface area contributed by atoms with E-state index in [1.54, 1.807) is 38.4 Å². The molecule has 0 unspecified atom stereocenters. The number of nitrogens with zero attached hydrogens (tertiary/aromatic N) is 1. The third-order valence-electron chi connectivity index (χ3n) is 3.45. The van der Waals surface area contributed by atoms with Crippen molar-refractivity contribution in [2.75, 3.05) is 32.5 Å². The first-order chi connectivity index (χ1) is 9.58. The summed E-state index contributed by atoms with van der Waals surface area (Å²) in [5, 5.41) is 6.12. The largest absolute Gasteiger partial charge is 0.345 e. The molecule has 2 N–H and O–H groups in total. The van der Waals surface area contributed by atoms with Gasteiger partial charge in [-0.1, -0.05) is 6.07 Å². The van der Waals surface area contributed by atoms with Crippen molar-refractivity contribution in [3.63, 3.8) is 0 Å². The Balaban J connectivity index is 2.04. The van der Waals surface area contributed by atoms with Gasteiger partial charge in [0.2, 0.25) is 5.91 Å². The average Bonchev–Trinajstić information content (AvgIpc) is 2.47. The lowest BCUT2D eigenvalue weighted by Crippen LogP contribution is -2.37. The molecule has 0 bridgehead atoms. The third-order valence-corrected chi connectivity index (χ3v) is 3.45.